The molecule has 0 radical (unpaired) electrons. The minimum Gasteiger partial charge on any atom is -0.385 e. The molecule has 2 fully saturated rings. The maximum absolute atomic E-state index is 13.2. The number of pyridine rings is 1. The number of methoxy groups -OCH3 is 1. The minimum absolute atomic E-state index is 0.0860. The molecule has 1 amide bonds. The van der Waals surface area contributed by atoms with Crippen LogP contribution in [0.3, 0.4) is 0 Å². The number of nitrogens with one attached hydrogen (secondary N) is 1. The van der Waals surface area contributed by atoms with Crippen LogP contribution < -0.4 is 10.9 Å². The summed E-state index contributed by atoms with van der Waals surface area (Å²) < 4.78 is 12.7. The van der Waals surface area contributed by atoms with Crippen LogP contribution in [0.2, 0.25) is 0 Å². The van der Waals surface area contributed by atoms with Crippen molar-refractivity contribution in [1.29, 1.82) is 0 Å². The molecule has 8 nitrogen and oxygen atoms in total. The van der Waals surface area contributed by atoms with E-state index in [4.69, 9.17) is 21.7 Å². The summed E-state index contributed by atoms with van der Waals surface area (Å²) in [4.78, 5) is 32.7. The number of rotatable bonds is 8. The van der Waals surface area contributed by atoms with E-state index in [1.807, 2.05) is 6.07 Å². The molecule has 1 atom stereocenters. The number of fused-ring (bicyclic) bond motifs is 1. The Kier molecular flexibility index (Phi) is 7.01. The summed E-state index contributed by atoms with van der Waals surface area (Å²) in [6.07, 6.45) is 6.03. The number of aromatic nitrogens is 2. The molecule has 0 spiro atoms. The van der Waals surface area contributed by atoms with Gasteiger partial charge in [-0.25, -0.2) is 4.98 Å². The molecule has 10 heteroatoms. The van der Waals surface area contributed by atoms with Crippen LogP contribution in [0.4, 0.5) is 5.82 Å². The summed E-state index contributed by atoms with van der Waals surface area (Å²) >= 11 is 6.58. The SMILES string of the molecule is COCCCN1C(=O)C(=Cc2c(NCC3CCCO3)nc3ccccn3c2=O)SC1=S. The lowest BCUT2D eigenvalue weighted by Gasteiger charge is -2.14. The predicted molar refractivity (Wildman–Crippen MR) is 125 cm³/mol. The highest BCUT2D eigenvalue weighted by molar-refractivity contribution is 8.26. The topological polar surface area (TPSA) is 85.2 Å². The van der Waals surface area contributed by atoms with Gasteiger partial charge in [-0.05, 0) is 37.5 Å². The van der Waals surface area contributed by atoms with Crippen LogP contribution >= 0.6 is 24.0 Å². The molecule has 164 valence electrons. The molecule has 2 aliphatic rings. The normalized spacial score (nSPS) is 20.4. The van der Waals surface area contributed by atoms with Gasteiger partial charge in [0.15, 0.2) is 0 Å². The largest absolute Gasteiger partial charge is 0.385 e. The third kappa shape index (κ3) is 4.82. The van der Waals surface area contributed by atoms with Gasteiger partial charge in [0.05, 0.1) is 16.6 Å². The first kappa shape index (κ1) is 21.9. The van der Waals surface area contributed by atoms with Crippen molar-refractivity contribution in [2.75, 3.05) is 38.7 Å². The highest BCUT2D eigenvalue weighted by Gasteiger charge is 2.32. The number of anilines is 1. The Balaban J connectivity index is 1.67. The van der Waals surface area contributed by atoms with E-state index >= 15 is 0 Å². The minimum atomic E-state index is -0.245. The number of ether oxygens (including phenoxy) is 2. The molecule has 0 saturated carbocycles. The lowest BCUT2D eigenvalue weighted by molar-refractivity contribution is -0.122. The zero-order valence-corrected chi connectivity index (χ0v) is 18.8. The van der Waals surface area contributed by atoms with Gasteiger partial charge in [-0.3, -0.25) is 18.9 Å². The van der Waals surface area contributed by atoms with Gasteiger partial charge < -0.3 is 14.8 Å². The lowest BCUT2D eigenvalue weighted by Crippen LogP contribution is -2.29. The Morgan fingerprint density at radius 3 is 3.06 bits per heavy atom. The molecule has 2 saturated heterocycles. The molecule has 4 rings (SSSR count). The number of hydrogen-bond donors (Lipinski definition) is 1. The van der Waals surface area contributed by atoms with E-state index in [-0.39, 0.29) is 17.6 Å². The maximum Gasteiger partial charge on any atom is 0.267 e. The van der Waals surface area contributed by atoms with Gasteiger partial charge in [-0.15, -0.1) is 0 Å². The number of carbonyl (C=O) groups is 1. The summed E-state index contributed by atoms with van der Waals surface area (Å²) in [5, 5.41) is 3.26. The second kappa shape index (κ2) is 9.90. The number of thioether (sulfide) groups is 1. The molecule has 2 aromatic rings. The highest BCUT2D eigenvalue weighted by Crippen LogP contribution is 2.33. The summed E-state index contributed by atoms with van der Waals surface area (Å²) in [5.41, 5.74) is 0.621. The van der Waals surface area contributed by atoms with Crippen LogP contribution in [0, 0.1) is 0 Å². The average Bonchev–Trinajstić information content (AvgIpc) is 3.38. The van der Waals surface area contributed by atoms with Gasteiger partial charge >= 0.3 is 0 Å². The van der Waals surface area contributed by atoms with E-state index in [0.29, 0.717) is 52.4 Å². The molecular weight excluding hydrogens is 436 g/mol. The number of carbonyl (C=O) groups excluding carboxylic acids is 1. The van der Waals surface area contributed by atoms with Gasteiger partial charge in [-0.1, -0.05) is 30.0 Å². The molecule has 1 unspecified atom stereocenters. The fraction of sp³-hybridized carbons (Fsp3) is 0.429. The van der Waals surface area contributed by atoms with Gasteiger partial charge in [0.2, 0.25) is 0 Å². The predicted octanol–water partition coefficient (Wildman–Crippen LogP) is 2.52. The summed E-state index contributed by atoms with van der Waals surface area (Å²) in [5.74, 6) is 0.241. The van der Waals surface area contributed by atoms with Crippen molar-refractivity contribution in [2.45, 2.75) is 25.4 Å². The molecule has 0 bridgehead atoms. The van der Waals surface area contributed by atoms with Crippen molar-refractivity contribution in [3.63, 3.8) is 0 Å². The van der Waals surface area contributed by atoms with E-state index in [1.165, 1.54) is 16.2 Å². The number of nitrogens with zero attached hydrogens (tertiary/aromatic N) is 3. The first-order valence-corrected chi connectivity index (χ1v) is 11.4. The van der Waals surface area contributed by atoms with Crippen molar-refractivity contribution < 1.29 is 14.3 Å². The quantitative estimate of drug-likeness (QED) is 0.366. The first-order valence-electron chi connectivity index (χ1n) is 10.2. The van der Waals surface area contributed by atoms with E-state index in [2.05, 4.69) is 10.3 Å². The van der Waals surface area contributed by atoms with E-state index < -0.39 is 0 Å². The Morgan fingerprint density at radius 2 is 2.29 bits per heavy atom. The van der Waals surface area contributed by atoms with Gasteiger partial charge in [0.25, 0.3) is 11.5 Å². The Bertz CT molecular complexity index is 1080. The van der Waals surface area contributed by atoms with Gasteiger partial charge in [0, 0.05) is 39.6 Å². The fourth-order valence-corrected chi connectivity index (χ4v) is 4.86. The number of amides is 1. The van der Waals surface area contributed by atoms with E-state index in [1.54, 1.807) is 36.4 Å². The Labute approximate surface area is 189 Å². The molecule has 4 heterocycles. The Morgan fingerprint density at radius 1 is 1.42 bits per heavy atom. The first-order chi connectivity index (χ1) is 15.1. The van der Waals surface area contributed by atoms with Crippen molar-refractivity contribution in [2.24, 2.45) is 0 Å². The second-order valence-electron chi connectivity index (χ2n) is 7.30. The number of thiocarbonyl (C=S) groups is 1. The third-order valence-corrected chi connectivity index (χ3v) is 6.55. The Hall–Kier alpha value is -2.27. The van der Waals surface area contributed by atoms with Crippen molar-refractivity contribution in [1.82, 2.24) is 14.3 Å². The standard InChI is InChI=1S/C21H24N4O4S2/c1-28-10-5-9-25-20(27)16(31-21(25)30)12-15-18(22-13-14-6-4-11-29-14)23-17-7-2-3-8-24(17)19(15)26/h2-3,7-8,12,14,22H,4-6,9-11,13H2,1H3. The van der Waals surface area contributed by atoms with Gasteiger partial charge in [0.1, 0.15) is 15.8 Å². The molecule has 1 N–H and O–H groups in total. The van der Waals surface area contributed by atoms with Crippen LogP contribution in [0.15, 0.2) is 34.1 Å². The summed E-state index contributed by atoms with van der Waals surface area (Å²) in [6.45, 7) is 2.32. The van der Waals surface area contributed by atoms with Crippen LogP contribution in [-0.2, 0) is 14.3 Å². The lowest BCUT2D eigenvalue weighted by atomic mass is 10.2. The fourth-order valence-electron chi connectivity index (χ4n) is 3.57. The summed E-state index contributed by atoms with van der Waals surface area (Å²) in [7, 11) is 1.62. The van der Waals surface area contributed by atoms with Crippen molar-refractivity contribution in [3.8, 4) is 0 Å². The van der Waals surface area contributed by atoms with Crippen LogP contribution in [0.1, 0.15) is 24.8 Å². The van der Waals surface area contributed by atoms with E-state index in [9.17, 15) is 9.59 Å². The monoisotopic (exact) mass is 460 g/mol. The molecule has 2 aromatic heterocycles. The van der Waals surface area contributed by atoms with Crippen molar-refractivity contribution >= 4 is 51.7 Å². The number of hydrogen-bond acceptors (Lipinski definition) is 8. The summed E-state index contributed by atoms with van der Waals surface area (Å²) in [6, 6.07) is 5.38. The maximum atomic E-state index is 13.2. The van der Waals surface area contributed by atoms with Crippen LogP contribution in [0.5, 0.6) is 0 Å². The average molecular weight is 461 g/mol. The van der Waals surface area contributed by atoms with E-state index in [0.717, 1.165) is 19.4 Å². The smallest absolute Gasteiger partial charge is 0.267 e. The van der Waals surface area contributed by atoms with Crippen LogP contribution in [0.25, 0.3) is 11.7 Å². The molecule has 31 heavy (non-hydrogen) atoms. The van der Waals surface area contributed by atoms with Crippen molar-refractivity contribution in [3.05, 3.63) is 45.2 Å². The third-order valence-electron chi connectivity index (χ3n) is 5.17. The molecule has 0 aromatic carbocycles. The highest BCUT2D eigenvalue weighted by atomic mass is 32.2. The second-order valence-corrected chi connectivity index (χ2v) is 8.98. The van der Waals surface area contributed by atoms with Gasteiger partial charge in [-0.2, -0.15) is 0 Å². The zero-order valence-electron chi connectivity index (χ0n) is 17.2. The molecular formula is C21H24N4O4S2. The molecule has 2 aliphatic heterocycles. The van der Waals surface area contributed by atoms with Crippen LogP contribution in [-0.4, -0.2) is 64.0 Å². The molecule has 0 aliphatic carbocycles. The zero-order chi connectivity index (χ0) is 21.8.